The van der Waals surface area contributed by atoms with Crippen LogP contribution in [0.25, 0.3) is 16.9 Å². The highest BCUT2D eigenvalue weighted by atomic mass is 16.5. The van der Waals surface area contributed by atoms with Crippen molar-refractivity contribution in [1.82, 2.24) is 9.38 Å². The third-order valence-corrected chi connectivity index (χ3v) is 3.13. The number of aromatic carboxylic acids is 1. The molecular weight excluding hydrogens is 256 g/mol. The minimum atomic E-state index is -0.965. The van der Waals surface area contributed by atoms with E-state index in [1.54, 1.807) is 36.0 Å². The standard InChI is InChI=1S/C15H12N2O3/c1-20-11-5-2-4-10(8-11)14-16-9-13-12(15(18)19)6-3-7-17(13)14/h2-9H,1H3,(H,18,19). The van der Waals surface area contributed by atoms with E-state index in [4.69, 9.17) is 4.74 Å². The van der Waals surface area contributed by atoms with Gasteiger partial charge in [-0.3, -0.25) is 4.40 Å². The maximum atomic E-state index is 11.2. The first-order chi connectivity index (χ1) is 9.70. The fraction of sp³-hybridized carbons (Fsp3) is 0.0667. The number of benzene rings is 1. The Morgan fingerprint density at radius 2 is 2.15 bits per heavy atom. The molecule has 0 amide bonds. The SMILES string of the molecule is COc1cccc(-c2ncc3c(C(=O)O)cccn23)c1. The van der Waals surface area contributed by atoms with E-state index in [2.05, 4.69) is 4.98 Å². The second-order valence-electron chi connectivity index (χ2n) is 4.30. The number of nitrogens with zero attached hydrogens (tertiary/aromatic N) is 2. The number of ether oxygens (including phenoxy) is 1. The van der Waals surface area contributed by atoms with Gasteiger partial charge in [0.15, 0.2) is 0 Å². The Morgan fingerprint density at radius 1 is 1.30 bits per heavy atom. The molecule has 5 heteroatoms. The van der Waals surface area contributed by atoms with Crippen molar-refractivity contribution in [3.63, 3.8) is 0 Å². The number of carboxylic acids is 1. The van der Waals surface area contributed by atoms with Crippen molar-refractivity contribution in [3.8, 4) is 17.1 Å². The Hall–Kier alpha value is -2.82. The lowest BCUT2D eigenvalue weighted by molar-refractivity contribution is 0.0698. The summed E-state index contributed by atoms with van der Waals surface area (Å²) in [4.78, 5) is 15.5. The quantitative estimate of drug-likeness (QED) is 0.793. The van der Waals surface area contributed by atoms with Crippen LogP contribution in [0.4, 0.5) is 0 Å². The maximum Gasteiger partial charge on any atom is 0.337 e. The molecule has 2 heterocycles. The van der Waals surface area contributed by atoms with Crippen LogP contribution in [0.5, 0.6) is 5.75 Å². The molecule has 0 aliphatic carbocycles. The molecule has 1 aromatic carbocycles. The van der Waals surface area contributed by atoms with E-state index in [-0.39, 0.29) is 5.56 Å². The summed E-state index contributed by atoms with van der Waals surface area (Å²) in [5.74, 6) is 0.448. The van der Waals surface area contributed by atoms with E-state index in [9.17, 15) is 9.90 Å². The molecule has 0 bridgehead atoms. The van der Waals surface area contributed by atoms with Crippen LogP contribution in [0.2, 0.25) is 0 Å². The van der Waals surface area contributed by atoms with Gasteiger partial charge < -0.3 is 9.84 Å². The van der Waals surface area contributed by atoms with Crippen LogP contribution < -0.4 is 4.74 Å². The average molecular weight is 268 g/mol. The molecule has 0 saturated carbocycles. The summed E-state index contributed by atoms with van der Waals surface area (Å²) in [6, 6.07) is 10.8. The van der Waals surface area contributed by atoms with Gasteiger partial charge in [0.2, 0.25) is 0 Å². The van der Waals surface area contributed by atoms with Crippen LogP contribution in [0.3, 0.4) is 0 Å². The first-order valence-corrected chi connectivity index (χ1v) is 6.04. The topological polar surface area (TPSA) is 63.8 Å². The minimum Gasteiger partial charge on any atom is -0.497 e. The molecular formula is C15H12N2O3. The van der Waals surface area contributed by atoms with Gasteiger partial charge >= 0.3 is 5.97 Å². The second kappa shape index (κ2) is 4.70. The summed E-state index contributed by atoms with van der Waals surface area (Å²) < 4.78 is 6.96. The van der Waals surface area contributed by atoms with Gasteiger partial charge in [0.1, 0.15) is 11.6 Å². The van der Waals surface area contributed by atoms with E-state index >= 15 is 0 Å². The Bertz CT molecular complexity index is 793. The zero-order valence-electron chi connectivity index (χ0n) is 10.8. The lowest BCUT2D eigenvalue weighted by Gasteiger charge is -2.05. The maximum absolute atomic E-state index is 11.2. The van der Waals surface area contributed by atoms with E-state index < -0.39 is 5.97 Å². The number of methoxy groups -OCH3 is 1. The van der Waals surface area contributed by atoms with E-state index in [1.165, 1.54) is 0 Å². The molecule has 3 aromatic rings. The number of imidazole rings is 1. The number of carbonyl (C=O) groups is 1. The molecule has 0 aliphatic rings. The molecule has 0 atom stereocenters. The van der Waals surface area contributed by atoms with Crippen molar-refractivity contribution in [2.24, 2.45) is 0 Å². The van der Waals surface area contributed by atoms with Crippen molar-refractivity contribution >= 4 is 11.5 Å². The number of hydrogen-bond acceptors (Lipinski definition) is 3. The molecule has 0 aliphatic heterocycles. The summed E-state index contributed by atoms with van der Waals surface area (Å²) in [5, 5.41) is 9.18. The van der Waals surface area contributed by atoms with Crippen LogP contribution in [0.15, 0.2) is 48.8 Å². The van der Waals surface area contributed by atoms with Crippen LogP contribution >= 0.6 is 0 Å². The van der Waals surface area contributed by atoms with Crippen LogP contribution in [-0.4, -0.2) is 27.6 Å². The lowest BCUT2D eigenvalue weighted by Crippen LogP contribution is -1.99. The zero-order valence-corrected chi connectivity index (χ0v) is 10.8. The highest BCUT2D eigenvalue weighted by Crippen LogP contribution is 2.24. The van der Waals surface area contributed by atoms with Gasteiger partial charge in [-0.2, -0.15) is 0 Å². The van der Waals surface area contributed by atoms with Crippen molar-refractivity contribution in [2.45, 2.75) is 0 Å². The molecule has 2 aromatic heterocycles. The Labute approximate surface area is 115 Å². The van der Waals surface area contributed by atoms with Gasteiger partial charge in [0.25, 0.3) is 0 Å². The Morgan fingerprint density at radius 3 is 2.90 bits per heavy atom. The van der Waals surface area contributed by atoms with E-state index in [0.717, 1.165) is 11.3 Å². The largest absolute Gasteiger partial charge is 0.497 e. The van der Waals surface area contributed by atoms with Crippen molar-refractivity contribution in [2.75, 3.05) is 7.11 Å². The molecule has 5 nitrogen and oxygen atoms in total. The molecule has 0 unspecified atom stereocenters. The molecule has 0 spiro atoms. The second-order valence-corrected chi connectivity index (χ2v) is 4.30. The van der Waals surface area contributed by atoms with Gasteiger partial charge in [0, 0.05) is 11.8 Å². The van der Waals surface area contributed by atoms with Gasteiger partial charge in [0.05, 0.1) is 24.4 Å². The summed E-state index contributed by atoms with van der Waals surface area (Å²) in [6.07, 6.45) is 3.36. The highest BCUT2D eigenvalue weighted by molar-refractivity contribution is 5.95. The molecule has 3 rings (SSSR count). The summed E-state index contributed by atoms with van der Waals surface area (Å²) >= 11 is 0. The van der Waals surface area contributed by atoms with Crippen molar-refractivity contribution in [1.29, 1.82) is 0 Å². The van der Waals surface area contributed by atoms with Crippen LogP contribution in [-0.2, 0) is 0 Å². The Kier molecular flexibility index (Phi) is 2.87. The Balaban J connectivity index is 2.22. The van der Waals surface area contributed by atoms with Gasteiger partial charge in [-0.25, -0.2) is 9.78 Å². The normalized spacial score (nSPS) is 10.7. The first-order valence-electron chi connectivity index (χ1n) is 6.04. The average Bonchev–Trinajstić information content (AvgIpc) is 2.91. The molecule has 20 heavy (non-hydrogen) atoms. The van der Waals surface area contributed by atoms with Gasteiger partial charge in [-0.15, -0.1) is 0 Å². The number of aromatic nitrogens is 2. The third-order valence-electron chi connectivity index (χ3n) is 3.13. The predicted molar refractivity (Wildman–Crippen MR) is 74.1 cm³/mol. The summed E-state index contributed by atoms with van der Waals surface area (Å²) in [5.41, 5.74) is 1.67. The minimum absolute atomic E-state index is 0.231. The fourth-order valence-corrected chi connectivity index (χ4v) is 2.18. The fourth-order valence-electron chi connectivity index (χ4n) is 2.18. The van der Waals surface area contributed by atoms with Gasteiger partial charge in [-0.1, -0.05) is 12.1 Å². The van der Waals surface area contributed by atoms with E-state index in [1.807, 2.05) is 24.3 Å². The lowest BCUT2D eigenvalue weighted by atomic mass is 10.2. The molecule has 0 fully saturated rings. The molecule has 1 N–H and O–H groups in total. The molecule has 100 valence electrons. The number of hydrogen-bond donors (Lipinski definition) is 1. The zero-order chi connectivity index (χ0) is 14.1. The first kappa shape index (κ1) is 12.2. The van der Waals surface area contributed by atoms with Crippen LogP contribution in [0.1, 0.15) is 10.4 Å². The number of fused-ring (bicyclic) bond motifs is 1. The number of pyridine rings is 1. The summed E-state index contributed by atoms with van der Waals surface area (Å²) in [6.45, 7) is 0. The predicted octanol–water partition coefficient (Wildman–Crippen LogP) is 2.71. The van der Waals surface area contributed by atoms with Crippen LogP contribution in [0, 0.1) is 0 Å². The highest BCUT2D eigenvalue weighted by Gasteiger charge is 2.13. The number of rotatable bonds is 3. The molecule has 0 radical (unpaired) electrons. The van der Waals surface area contributed by atoms with Gasteiger partial charge in [-0.05, 0) is 24.3 Å². The van der Waals surface area contributed by atoms with E-state index in [0.29, 0.717) is 11.3 Å². The summed E-state index contributed by atoms with van der Waals surface area (Å²) in [7, 11) is 1.60. The molecule has 0 saturated heterocycles. The smallest absolute Gasteiger partial charge is 0.337 e. The third kappa shape index (κ3) is 1.89. The number of carboxylic acid groups (broad SMARTS) is 1. The monoisotopic (exact) mass is 268 g/mol. The van der Waals surface area contributed by atoms with Crippen molar-refractivity contribution < 1.29 is 14.6 Å². The van der Waals surface area contributed by atoms with Crippen molar-refractivity contribution in [3.05, 3.63) is 54.4 Å².